The number of rotatable bonds is 9. The Morgan fingerprint density at radius 1 is 1.13 bits per heavy atom. The minimum atomic E-state index is -0.103. The van der Waals surface area contributed by atoms with E-state index in [0.29, 0.717) is 17.1 Å². The van der Waals surface area contributed by atoms with Crippen LogP contribution in [0.3, 0.4) is 0 Å². The van der Waals surface area contributed by atoms with Gasteiger partial charge in [-0.2, -0.15) is 5.10 Å². The second kappa shape index (κ2) is 10.3. The number of aryl methyl sites for hydroxylation is 1. The Balaban J connectivity index is 1.61. The Morgan fingerprint density at radius 2 is 1.83 bits per heavy atom. The van der Waals surface area contributed by atoms with Crippen LogP contribution in [0.1, 0.15) is 30.5 Å². The summed E-state index contributed by atoms with van der Waals surface area (Å²) in [4.78, 5) is 14.9. The molecule has 0 spiro atoms. The van der Waals surface area contributed by atoms with Gasteiger partial charge in [0.15, 0.2) is 10.6 Å². The van der Waals surface area contributed by atoms with Crippen molar-refractivity contribution in [1.29, 1.82) is 0 Å². The fraction of sp³-hybridized carbons (Fsp3) is 0.348. The quantitative estimate of drug-likeness (QED) is 0.509. The molecule has 158 valence electrons. The maximum atomic E-state index is 12.5. The smallest absolute Gasteiger partial charge is 0.240 e. The summed E-state index contributed by atoms with van der Waals surface area (Å²) < 4.78 is 2.16. The Morgan fingerprint density at radius 3 is 2.50 bits per heavy atom. The first-order valence-corrected chi connectivity index (χ1v) is 10.7. The van der Waals surface area contributed by atoms with Gasteiger partial charge in [0.25, 0.3) is 0 Å². The lowest BCUT2D eigenvalue weighted by Crippen LogP contribution is -2.27. The molecule has 0 aliphatic carbocycles. The van der Waals surface area contributed by atoms with Gasteiger partial charge in [-0.3, -0.25) is 19.4 Å². The largest absolute Gasteiger partial charge is 0.350 e. The summed E-state index contributed by atoms with van der Waals surface area (Å²) in [5, 5.41) is 10.1. The fourth-order valence-electron chi connectivity index (χ4n) is 3.34. The van der Waals surface area contributed by atoms with E-state index < -0.39 is 0 Å². The molecule has 0 radical (unpaired) electrons. The highest BCUT2D eigenvalue weighted by Crippen LogP contribution is 2.18. The Kier molecular flexibility index (Phi) is 7.54. The van der Waals surface area contributed by atoms with E-state index >= 15 is 0 Å². The van der Waals surface area contributed by atoms with Crippen molar-refractivity contribution in [1.82, 2.24) is 25.0 Å². The molecule has 30 heavy (non-hydrogen) atoms. The number of amides is 1. The molecular formula is C23H29N5OS. The topological polar surface area (TPSA) is 66.0 Å². The van der Waals surface area contributed by atoms with E-state index in [1.807, 2.05) is 31.2 Å². The van der Waals surface area contributed by atoms with Gasteiger partial charge in [-0.25, -0.2) is 0 Å². The fourth-order valence-corrected chi connectivity index (χ4v) is 3.53. The number of aromatic amines is 1. The average molecular weight is 424 g/mol. The van der Waals surface area contributed by atoms with Crippen LogP contribution in [-0.4, -0.2) is 38.7 Å². The van der Waals surface area contributed by atoms with E-state index in [4.69, 9.17) is 12.2 Å². The average Bonchev–Trinajstić information content (AvgIpc) is 3.11. The molecule has 3 aromatic rings. The number of nitrogens with zero attached hydrogens (tertiary/aromatic N) is 3. The minimum Gasteiger partial charge on any atom is -0.350 e. The number of hydrogen-bond acceptors (Lipinski definition) is 4. The number of aromatic nitrogens is 3. The molecule has 3 rings (SSSR count). The summed E-state index contributed by atoms with van der Waals surface area (Å²) in [6, 6.07) is 16.4. The summed E-state index contributed by atoms with van der Waals surface area (Å²) in [6.07, 6.45) is 0. The molecule has 0 atom stereocenters. The van der Waals surface area contributed by atoms with Crippen molar-refractivity contribution in [2.75, 3.05) is 13.1 Å². The Labute approximate surface area is 182 Å². The summed E-state index contributed by atoms with van der Waals surface area (Å²) in [5.74, 6) is 0.563. The van der Waals surface area contributed by atoms with Crippen LogP contribution in [0.15, 0.2) is 48.5 Å². The molecule has 2 aromatic carbocycles. The van der Waals surface area contributed by atoms with Gasteiger partial charge in [-0.05, 0) is 49.4 Å². The van der Waals surface area contributed by atoms with Crippen LogP contribution in [0.2, 0.25) is 0 Å². The van der Waals surface area contributed by atoms with E-state index in [0.717, 1.165) is 36.3 Å². The number of carbonyl (C=O) groups excluding carboxylic acids is 1. The zero-order valence-corrected chi connectivity index (χ0v) is 18.6. The molecule has 0 saturated heterocycles. The monoisotopic (exact) mass is 423 g/mol. The first-order valence-electron chi connectivity index (χ1n) is 10.3. The van der Waals surface area contributed by atoms with Crippen LogP contribution in [0, 0.1) is 11.7 Å². The lowest BCUT2D eigenvalue weighted by Gasteiger charge is -2.18. The molecule has 2 N–H and O–H groups in total. The van der Waals surface area contributed by atoms with Crippen molar-refractivity contribution in [3.63, 3.8) is 0 Å². The highest BCUT2D eigenvalue weighted by atomic mass is 32.1. The van der Waals surface area contributed by atoms with Gasteiger partial charge in [0.1, 0.15) is 6.54 Å². The normalized spacial score (nSPS) is 11.1. The number of benzene rings is 2. The maximum Gasteiger partial charge on any atom is 0.240 e. The molecule has 1 aromatic heterocycles. The third-order valence-electron chi connectivity index (χ3n) is 5.15. The summed E-state index contributed by atoms with van der Waals surface area (Å²) in [5.41, 5.74) is 4.41. The van der Waals surface area contributed by atoms with Crippen molar-refractivity contribution in [3.8, 4) is 11.4 Å². The predicted molar refractivity (Wildman–Crippen MR) is 122 cm³/mol. The molecule has 1 heterocycles. The third kappa shape index (κ3) is 5.64. The first kappa shape index (κ1) is 21.9. The number of carbonyl (C=O) groups is 1. The van der Waals surface area contributed by atoms with Crippen LogP contribution in [0.25, 0.3) is 11.4 Å². The standard InChI is InChI=1S/C23H29N5OS/c1-4-27(5-2)15-19-11-9-18(10-12-19)14-24-21(29)16-28-22(25-26-23(28)30)20-8-6-7-17(3)13-20/h6-13H,4-5,14-16H2,1-3H3,(H,24,29)(H,26,30). The van der Waals surface area contributed by atoms with Gasteiger partial charge in [-0.15, -0.1) is 0 Å². The Bertz CT molecular complexity index is 1030. The van der Waals surface area contributed by atoms with Gasteiger partial charge in [0.05, 0.1) is 0 Å². The van der Waals surface area contributed by atoms with Crippen LogP contribution in [-0.2, 0) is 24.4 Å². The second-order valence-electron chi connectivity index (χ2n) is 7.36. The van der Waals surface area contributed by atoms with Crippen LogP contribution < -0.4 is 5.32 Å². The number of hydrogen-bond donors (Lipinski definition) is 2. The summed E-state index contributed by atoms with van der Waals surface area (Å²) >= 11 is 5.33. The van der Waals surface area contributed by atoms with Crippen molar-refractivity contribution < 1.29 is 4.79 Å². The molecule has 0 bridgehead atoms. The highest BCUT2D eigenvalue weighted by Gasteiger charge is 2.12. The minimum absolute atomic E-state index is 0.103. The molecule has 0 unspecified atom stereocenters. The predicted octanol–water partition coefficient (Wildman–Crippen LogP) is 4.07. The van der Waals surface area contributed by atoms with Crippen molar-refractivity contribution in [3.05, 3.63) is 70.0 Å². The van der Waals surface area contributed by atoms with Gasteiger partial charge < -0.3 is 5.32 Å². The summed E-state index contributed by atoms with van der Waals surface area (Å²) in [7, 11) is 0. The van der Waals surface area contributed by atoms with Gasteiger partial charge >= 0.3 is 0 Å². The molecule has 0 aliphatic rings. The van der Waals surface area contributed by atoms with Crippen LogP contribution in [0.5, 0.6) is 0 Å². The summed E-state index contributed by atoms with van der Waals surface area (Å²) in [6.45, 7) is 9.99. The third-order valence-corrected chi connectivity index (χ3v) is 5.46. The lowest BCUT2D eigenvalue weighted by molar-refractivity contribution is -0.121. The molecule has 0 aliphatic heterocycles. The number of nitrogens with one attached hydrogen (secondary N) is 2. The van der Waals surface area contributed by atoms with E-state index in [-0.39, 0.29) is 12.5 Å². The van der Waals surface area contributed by atoms with E-state index in [1.165, 1.54) is 5.56 Å². The molecule has 6 nitrogen and oxygen atoms in total. The maximum absolute atomic E-state index is 12.5. The van der Waals surface area contributed by atoms with Crippen molar-refractivity contribution >= 4 is 18.1 Å². The Hall–Kier alpha value is -2.77. The number of H-pyrrole nitrogens is 1. The zero-order valence-electron chi connectivity index (χ0n) is 17.8. The van der Waals surface area contributed by atoms with Gasteiger partial charge in [0, 0.05) is 18.7 Å². The van der Waals surface area contributed by atoms with Crippen molar-refractivity contribution in [2.24, 2.45) is 0 Å². The van der Waals surface area contributed by atoms with E-state index in [9.17, 15) is 4.79 Å². The van der Waals surface area contributed by atoms with Crippen LogP contribution in [0.4, 0.5) is 0 Å². The molecular weight excluding hydrogens is 394 g/mol. The zero-order chi connectivity index (χ0) is 21.5. The van der Waals surface area contributed by atoms with E-state index in [2.05, 4.69) is 58.5 Å². The van der Waals surface area contributed by atoms with E-state index in [1.54, 1.807) is 4.57 Å². The second-order valence-corrected chi connectivity index (χ2v) is 7.75. The SMILES string of the molecule is CCN(CC)Cc1ccc(CNC(=O)Cn2c(-c3cccc(C)c3)n[nH]c2=S)cc1. The van der Waals surface area contributed by atoms with Gasteiger partial charge in [-0.1, -0.05) is 61.9 Å². The van der Waals surface area contributed by atoms with Crippen molar-refractivity contribution in [2.45, 2.75) is 40.4 Å². The highest BCUT2D eigenvalue weighted by molar-refractivity contribution is 7.71. The molecule has 0 fully saturated rings. The molecule has 1 amide bonds. The lowest BCUT2D eigenvalue weighted by atomic mass is 10.1. The van der Waals surface area contributed by atoms with Gasteiger partial charge in [0.2, 0.25) is 5.91 Å². The molecule has 7 heteroatoms. The van der Waals surface area contributed by atoms with Crippen LogP contribution >= 0.6 is 12.2 Å². The molecule has 0 saturated carbocycles. The first-order chi connectivity index (χ1) is 14.5.